The van der Waals surface area contributed by atoms with Gasteiger partial charge in [-0.25, -0.2) is 13.2 Å². The Balaban J connectivity index is 2.26. The Kier molecular flexibility index (Phi) is 7.16. The molecule has 1 amide bonds. The number of hydrogen-bond donors (Lipinski definition) is 3. The summed E-state index contributed by atoms with van der Waals surface area (Å²) in [6, 6.07) is 8.81. The van der Waals surface area contributed by atoms with Crippen LogP contribution in [-0.2, 0) is 25.2 Å². The standard InChI is InChI=1S/C22H21Cl2N3O5S/c1-2-3-9-33(31,32)27-15-6-4-5-13(10-15)22(21(29)30)16(7-8-19(25)28)20-17(24)11-14(23)12-18(20)26-22/h4-8,10-12,27H,2-3,9H2,1H3,(H2,25,28)(H,29,30). The average molecular weight is 510 g/mol. The second-order valence-corrected chi connectivity index (χ2v) is 10.1. The molecule has 1 atom stereocenters. The molecule has 1 unspecified atom stereocenters. The number of carboxylic acids is 1. The highest BCUT2D eigenvalue weighted by atomic mass is 35.5. The lowest BCUT2D eigenvalue weighted by molar-refractivity contribution is -0.141. The van der Waals surface area contributed by atoms with E-state index >= 15 is 0 Å². The maximum atomic E-state index is 12.7. The van der Waals surface area contributed by atoms with E-state index < -0.39 is 27.4 Å². The van der Waals surface area contributed by atoms with Crippen molar-refractivity contribution in [3.8, 4) is 0 Å². The number of nitrogens with zero attached hydrogens (tertiary/aromatic N) is 1. The summed E-state index contributed by atoms with van der Waals surface area (Å²) in [7, 11) is -3.63. The molecule has 1 aliphatic heterocycles. The van der Waals surface area contributed by atoms with E-state index in [2.05, 4.69) is 9.71 Å². The fourth-order valence-corrected chi connectivity index (χ4v) is 5.43. The van der Waals surface area contributed by atoms with E-state index in [1.165, 1.54) is 42.5 Å². The first-order valence-corrected chi connectivity index (χ1v) is 12.3. The number of primary amides is 1. The lowest BCUT2D eigenvalue weighted by atomic mass is 9.82. The van der Waals surface area contributed by atoms with Crippen molar-refractivity contribution in [1.29, 1.82) is 0 Å². The van der Waals surface area contributed by atoms with Gasteiger partial charge < -0.3 is 10.8 Å². The fourth-order valence-electron chi connectivity index (χ4n) is 3.59. The highest BCUT2D eigenvalue weighted by Crippen LogP contribution is 2.39. The largest absolute Gasteiger partial charge is 0.479 e. The topological polar surface area (TPSA) is 139 Å². The monoisotopic (exact) mass is 509 g/mol. The first-order valence-electron chi connectivity index (χ1n) is 9.92. The molecular weight excluding hydrogens is 489 g/mol. The fraction of sp³-hybridized carbons (Fsp3) is 0.227. The quantitative estimate of drug-likeness (QED) is 0.445. The lowest BCUT2D eigenvalue weighted by Crippen LogP contribution is -2.35. The van der Waals surface area contributed by atoms with Gasteiger partial charge in [0.25, 0.3) is 0 Å². The summed E-state index contributed by atoms with van der Waals surface area (Å²) in [5.41, 5.74) is 3.64. The van der Waals surface area contributed by atoms with Crippen LogP contribution in [0.25, 0.3) is 5.57 Å². The first kappa shape index (κ1) is 24.8. The van der Waals surface area contributed by atoms with Crippen molar-refractivity contribution in [2.45, 2.75) is 25.3 Å². The normalized spacial score (nSPS) is 17.6. The number of carbonyl (C=O) groups excluding carboxylic acids is 1. The van der Waals surface area contributed by atoms with Crippen LogP contribution in [-0.4, -0.2) is 31.2 Å². The van der Waals surface area contributed by atoms with Crippen molar-refractivity contribution in [2.75, 3.05) is 10.5 Å². The van der Waals surface area contributed by atoms with Crippen LogP contribution >= 0.6 is 23.2 Å². The van der Waals surface area contributed by atoms with Gasteiger partial charge in [-0.05, 0) is 42.3 Å². The molecule has 0 bridgehead atoms. The molecule has 0 aliphatic carbocycles. The Labute approximate surface area is 200 Å². The van der Waals surface area contributed by atoms with E-state index in [1.807, 2.05) is 6.92 Å². The SMILES string of the molecule is CCCCS(=O)(=O)Nc1cccc(C2(C(=O)O)N=c3cc(Cl)cc(Cl)c3=C2C=CC(N)=O)c1. The minimum atomic E-state index is -3.63. The third-order valence-corrected chi connectivity index (χ3v) is 6.91. The molecule has 174 valence electrons. The second kappa shape index (κ2) is 9.54. The van der Waals surface area contributed by atoms with Gasteiger partial charge in [0.15, 0.2) is 0 Å². The predicted molar refractivity (Wildman–Crippen MR) is 127 cm³/mol. The van der Waals surface area contributed by atoms with E-state index in [1.54, 1.807) is 0 Å². The molecule has 0 radical (unpaired) electrons. The first-order chi connectivity index (χ1) is 15.5. The van der Waals surface area contributed by atoms with E-state index in [0.29, 0.717) is 12.8 Å². The molecule has 0 fully saturated rings. The number of aliphatic carboxylic acids is 1. The van der Waals surface area contributed by atoms with Gasteiger partial charge >= 0.3 is 5.97 Å². The zero-order valence-corrected chi connectivity index (χ0v) is 19.8. The van der Waals surface area contributed by atoms with Gasteiger partial charge in [0, 0.05) is 27.6 Å². The number of carbonyl (C=O) groups is 2. The van der Waals surface area contributed by atoms with Crippen molar-refractivity contribution in [3.05, 3.63) is 74.7 Å². The predicted octanol–water partition coefficient (Wildman–Crippen LogP) is 2.34. The summed E-state index contributed by atoms with van der Waals surface area (Å²) >= 11 is 12.5. The number of fused-ring (bicyclic) bond motifs is 1. The van der Waals surface area contributed by atoms with E-state index in [-0.39, 0.29) is 43.2 Å². The van der Waals surface area contributed by atoms with Crippen molar-refractivity contribution in [3.63, 3.8) is 0 Å². The Morgan fingerprint density at radius 2 is 1.97 bits per heavy atom. The number of rotatable bonds is 9. The molecule has 0 spiro atoms. The minimum Gasteiger partial charge on any atom is -0.479 e. The molecule has 2 aromatic rings. The lowest BCUT2D eigenvalue weighted by Gasteiger charge is -2.25. The van der Waals surface area contributed by atoms with Gasteiger partial charge in [-0.15, -0.1) is 0 Å². The molecule has 0 saturated carbocycles. The Hall–Kier alpha value is -2.88. The number of halogens is 2. The highest BCUT2D eigenvalue weighted by Gasteiger charge is 2.46. The second-order valence-electron chi connectivity index (χ2n) is 7.41. The maximum Gasteiger partial charge on any atom is 0.341 e. The van der Waals surface area contributed by atoms with Gasteiger partial charge in [0.05, 0.1) is 16.1 Å². The summed E-state index contributed by atoms with van der Waals surface area (Å²) in [5, 5.41) is 11.2. The van der Waals surface area contributed by atoms with Crippen LogP contribution < -0.4 is 21.0 Å². The number of hydrogen-bond acceptors (Lipinski definition) is 5. The van der Waals surface area contributed by atoms with Crippen LogP contribution in [0.4, 0.5) is 5.69 Å². The molecule has 2 aromatic carbocycles. The van der Waals surface area contributed by atoms with Gasteiger partial charge in [-0.3, -0.25) is 14.5 Å². The molecule has 8 nitrogen and oxygen atoms in total. The van der Waals surface area contributed by atoms with E-state index in [4.69, 9.17) is 28.9 Å². The molecule has 1 heterocycles. The number of nitrogens with two attached hydrogens (primary N) is 1. The molecule has 11 heteroatoms. The number of amides is 1. The molecule has 0 saturated heterocycles. The summed E-state index contributed by atoms with van der Waals surface area (Å²) in [5.74, 6) is -2.22. The summed E-state index contributed by atoms with van der Waals surface area (Å²) in [6.45, 7) is 1.88. The summed E-state index contributed by atoms with van der Waals surface area (Å²) in [4.78, 5) is 28.6. The van der Waals surface area contributed by atoms with E-state index in [0.717, 1.165) is 6.08 Å². The number of nitrogens with one attached hydrogen (secondary N) is 1. The van der Waals surface area contributed by atoms with Gasteiger partial charge in [-0.1, -0.05) is 48.7 Å². The van der Waals surface area contributed by atoms with Gasteiger partial charge in [0.2, 0.25) is 21.5 Å². The Morgan fingerprint density at radius 3 is 2.61 bits per heavy atom. The van der Waals surface area contributed by atoms with Crippen molar-refractivity contribution >= 4 is 56.4 Å². The molecule has 1 aliphatic rings. The average Bonchev–Trinajstić information content (AvgIpc) is 3.06. The number of benzene rings is 2. The van der Waals surface area contributed by atoms with Crippen LogP contribution in [0.15, 0.2) is 53.5 Å². The third-order valence-electron chi connectivity index (χ3n) is 5.03. The Bertz CT molecular complexity index is 1390. The molecule has 0 aromatic heterocycles. The van der Waals surface area contributed by atoms with Crippen LogP contribution in [0.2, 0.25) is 10.0 Å². The van der Waals surface area contributed by atoms with Gasteiger partial charge in [-0.2, -0.15) is 0 Å². The smallest absolute Gasteiger partial charge is 0.341 e. The summed E-state index contributed by atoms with van der Waals surface area (Å²) < 4.78 is 27.2. The Morgan fingerprint density at radius 1 is 1.24 bits per heavy atom. The van der Waals surface area contributed by atoms with Crippen molar-refractivity contribution in [2.24, 2.45) is 10.7 Å². The third kappa shape index (κ3) is 5.05. The number of sulfonamides is 1. The van der Waals surface area contributed by atoms with Gasteiger partial charge in [0.1, 0.15) is 0 Å². The zero-order valence-electron chi connectivity index (χ0n) is 17.5. The number of carboxylic acid groups (broad SMARTS) is 1. The number of unbranched alkanes of at least 4 members (excludes halogenated alkanes) is 1. The molecule has 33 heavy (non-hydrogen) atoms. The van der Waals surface area contributed by atoms with Crippen LogP contribution in [0.3, 0.4) is 0 Å². The van der Waals surface area contributed by atoms with Crippen molar-refractivity contribution < 1.29 is 23.1 Å². The van der Waals surface area contributed by atoms with Crippen LogP contribution in [0, 0.1) is 0 Å². The van der Waals surface area contributed by atoms with E-state index in [9.17, 15) is 23.1 Å². The maximum absolute atomic E-state index is 12.7. The summed E-state index contributed by atoms with van der Waals surface area (Å²) in [6.07, 6.45) is 3.45. The number of anilines is 1. The molecule has 4 N–H and O–H groups in total. The van der Waals surface area contributed by atoms with Crippen molar-refractivity contribution in [1.82, 2.24) is 0 Å². The highest BCUT2D eigenvalue weighted by molar-refractivity contribution is 7.92. The van der Waals surface area contributed by atoms with Crippen LogP contribution in [0.1, 0.15) is 25.3 Å². The van der Waals surface area contributed by atoms with Crippen LogP contribution in [0.5, 0.6) is 0 Å². The molecular formula is C22H21Cl2N3O5S. The minimum absolute atomic E-state index is 0.0690. The zero-order chi connectivity index (χ0) is 24.4. The molecule has 3 rings (SSSR count).